The number of aromatic amines is 1. The molecule has 1 amide bonds. The standard InChI is InChI=1S/C23H25N3O3S/c1-15-17(5-9-24-15)22(27)26-10-7-23(8-11-26)18-13-21(30-20(18)6-12-29-23)19-4-3-16(28-2)14-25-19/h3-5,9,13-14,24H,6-8,10-12H2,1-2H3. The summed E-state index contributed by atoms with van der Waals surface area (Å²) in [5.41, 5.74) is 3.64. The molecule has 3 aromatic heterocycles. The molecule has 1 fully saturated rings. The van der Waals surface area contributed by atoms with Crippen molar-refractivity contribution in [2.75, 3.05) is 26.8 Å². The van der Waals surface area contributed by atoms with Crippen molar-refractivity contribution < 1.29 is 14.3 Å². The van der Waals surface area contributed by atoms with E-state index in [0.717, 1.165) is 53.4 Å². The summed E-state index contributed by atoms with van der Waals surface area (Å²) in [6.07, 6.45) is 6.16. The van der Waals surface area contributed by atoms with Crippen molar-refractivity contribution >= 4 is 17.2 Å². The molecule has 3 aromatic rings. The molecule has 0 radical (unpaired) electrons. The number of hydrogen-bond donors (Lipinski definition) is 1. The molecule has 1 N–H and O–H groups in total. The number of fused-ring (bicyclic) bond motifs is 2. The highest BCUT2D eigenvalue weighted by Gasteiger charge is 2.43. The van der Waals surface area contributed by atoms with Crippen molar-refractivity contribution in [3.63, 3.8) is 0 Å². The number of aromatic nitrogens is 2. The number of H-pyrrole nitrogens is 1. The van der Waals surface area contributed by atoms with Crippen molar-refractivity contribution in [3.8, 4) is 16.3 Å². The van der Waals surface area contributed by atoms with Gasteiger partial charge in [-0.25, -0.2) is 0 Å². The van der Waals surface area contributed by atoms with Gasteiger partial charge in [-0.2, -0.15) is 0 Å². The normalized spacial score (nSPS) is 17.7. The van der Waals surface area contributed by atoms with Crippen LogP contribution in [0.4, 0.5) is 0 Å². The molecule has 7 heteroatoms. The van der Waals surface area contributed by atoms with E-state index in [2.05, 4.69) is 16.0 Å². The van der Waals surface area contributed by atoms with Crippen LogP contribution in [-0.2, 0) is 16.8 Å². The predicted molar refractivity (Wildman–Crippen MR) is 116 cm³/mol. The van der Waals surface area contributed by atoms with Crippen molar-refractivity contribution in [3.05, 3.63) is 58.4 Å². The van der Waals surface area contributed by atoms with Crippen LogP contribution >= 0.6 is 11.3 Å². The van der Waals surface area contributed by atoms with E-state index in [9.17, 15) is 4.79 Å². The molecule has 2 aliphatic rings. The number of carbonyl (C=O) groups is 1. The van der Waals surface area contributed by atoms with Crippen molar-refractivity contribution in [2.24, 2.45) is 0 Å². The van der Waals surface area contributed by atoms with Crippen LogP contribution in [0.15, 0.2) is 36.7 Å². The average Bonchev–Trinajstić information content (AvgIpc) is 3.41. The number of aryl methyl sites for hydroxylation is 1. The lowest BCUT2D eigenvalue weighted by Crippen LogP contribution is -2.48. The molecule has 6 nitrogen and oxygen atoms in total. The zero-order valence-electron chi connectivity index (χ0n) is 17.2. The predicted octanol–water partition coefficient (Wildman–Crippen LogP) is 4.16. The number of amides is 1. The minimum absolute atomic E-state index is 0.105. The van der Waals surface area contributed by atoms with Crippen LogP contribution in [0.5, 0.6) is 5.75 Å². The molecule has 5 heterocycles. The third-order valence-corrected chi connectivity index (χ3v) is 7.49. The summed E-state index contributed by atoms with van der Waals surface area (Å²) in [6, 6.07) is 8.07. The maximum Gasteiger partial charge on any atom is 0.255 e. The largest absolute Gasteiger partial charge is 0.495 e. The number of methoxy groups -OCH3 is 1. The van der Waals surface area contributed by atoms with Gasteiger partial charge in [0.1, 0.15) is 5.75 Å². The quantitative estimate of drug-likeness (QED) is 0.687. The SMILES string of the molecule is COc1ccc(-c2cc3c(s2)CCOC32CCN(C(=O)c3cc[nH]c3C)CC2)nc1. The van der Waals surface area contributed by atoms with Crippen LogP contribution in [0.2, 0.25) is 0 Å². The summed E-state index contributed by atoms with van der Waals surface area (Å²) < 4.78 is 11.6. The zero-order valence-corrected chi connectivity index (χ0v) is 18.1. The number of ether oxygens (including phenoxy) is 2. The second kappa shape index (κ2) is 7.56. The molecule has 0 aromatic carbocycles. The smallest absolute Gasteiger partial charge is 0.255 e. The van der Waals surface area contributed by atoms with E-state index in [-0.39, 0.29) is 11.5 Å². The highest BCUT2D eigenvalue weighted by Crippen LogP contribution is 2.46. The topological polar surface area (TPSA) is 67.5 Å². The number of piperidine rings is 1. The van der Waals surface area contributed by atoms with E-state index >= 15 is 0 Å². The minimum atomic E-state index is -0.293. The fourth-order valence-electron chi connectivity index (χ4n) is 4.53. The Morgan fingerprint density at radius 3 is 2.80 bits per heavy atom. The molecule has 0 saturated carbocycles. The molecule has 0 aliphatic carbocycles. The van der Waals surface area contributed by atoms with Crippen LogP contribution in [0, 0.1) is 6.92 Å². The zero-order chi connectivity index (χ0) is 20.7. The van der Waals surface area contributed by atoms with Crippen molar-refractivity contribution in [2.45, 2.75) is 31.8 Å². The van der Waals surface area contributed by atoms with Gasteiger partial charge in [0.15, 0.2) is 0 Å². The minimum Gasteiger partial charge on any atom is -0.495 e. The lowest BCUT2D eigenvalue weighted by molar-refractivity contribution is -0.0926. The molecule has 5 rings (SSSR count). The molecular weight excluding hydrogens is 398 g/mol. The Morgan fingerprint density at radius 2 is 2.13 bits per heavy atom. The summed E-state index contributed by atoms with van der Waals surface area (Å²) in [5.74, 6) is 0.864. The number of carbonyl (C=O) groups excluding carboxylic acids is 1. The van der Waals surface area contributed by atoms with E-state index in [1.807, 2.05) is 47.6 Å². The van der Waals surface area contributed by atoms with E-state index < -0.39 is 0 Å². The van der Waals surface area contributed by atoms with Crippen LogP contribution in [-0.4, -0.2) is 47.6 Å². The van der Waals surface area contributed by atoms with Gasteiger partial charge in [0.05, 0.1) is 41.6 Å². The average molecular weight is 424 g/mol. The van der Waals surface area contributed by atoms with E-state index in [4.69, 9.17) is 9.47 Å². The summed E-state index contributed by atoms with van der Waals surface area (Å²) in [5, 5.41) is 0. The van der Waals surface area contributed by atoms with E-state index in [0.29, 0.717) is 13.1 Å². The Labute approximate surface area is 179 Å². The van der Waals surface area contributed by atoms with Gasteiger partial charge in [-0.15, -0.1) is 11.3 Å². The molecule has 0 atom stereocenters. The second-order valence-electron chi connectivity index (χ2n) is 7.93. The molecule has 1 saturated heterocycles. The fraction of sp³-hybridized carbons (Fsp3) is 0.391. The summed E-state index contributed by atoms with van der Waals surface area (Å²) in [6.45, 7) is 4.08. The molecular formula is C23H25N3O3S. The number of nitrogens with one attached hydrogen (secondary N) is 1. The van der Waals surface area contributed by atoms with Crippen molar-refractivity contribution in [1.82, 2.24) is 14.9 Å². The molecule has 0 bridgehead atoms. The molecule has 2 aliphatic heterocycles. The van der Waals surface area contributed by atoms with Gasteiger partial charge in [0.25, 0.3) is 5.91 Å². The Bertz CT molecular complexity index is 1060. The van der Waals surface area contributed by atoms with Gasteiger partial charge in [-0.1, -0.05) is 0 Å². The first kappa shape index (κ1) is 19.3. The van der Waals surface area contributed by atoms with Gasteiger partial charge >= 0.3 is 0 Å². The number of pyridine rings is 1. The van der Waals surface area contributed by atoms with Gasteiger partial charge in [0.2, 0.25) is 0 Å². The lowest BCUT2D eigenvalue weighted by atomic mass is 9.82. The molecule has 156 valence electrons. The highest BCUT2D eigenvalue weighted by molar-refractivity contribution is 7.15. The van der Waals surface area contributed by atoms with Gasteiger partial charge < -0.3 is 19.4 Å². The number of nitrogens with zero attached hydrogens (tertiary/aromatic N) is 2. The third kappa shape index (κ3) is 3.22. The first-order chi connectivity index (χ1) is 14.6. The van der Waals surface area contributed by atoms with Gasteiger partial charge in [-0.3, -0.25) is 9.78 Å². The van der Waals surface area contributed by atoms with Gasteiger partial charge in [0, 0.05) is 36.3 Å². The van der Waals surface area contributed by atoms with E-state index in [1.54, 1.807) is 13.3 Å². The number of rotatable bonds is 3. The summed E-state index contributed by atoms with van der Waals surface area (Å²) in [7, 11) is 1.65. The first-order valence-corrected chi connectivity index (χ1v) is 11.1. The van der Waals surface area contributed by atoms with Crippen LogP contribution < -0.4 is 4.74 Å². The molecule has 0 unspecified atom stereocenters. The van der Waals surface area contributed by atoms with Crippen LogP contribution in [0.3, 0.4) is 0 Å². The summed E-state index contributed by atoms with van der Waals surface area (Å²) >= 11 is 1.81. The number of hydrogen-bond acceptors (Lipinski definition) is 5. The maximum atomic E-state index is 12.9. The fourth-order valence-corrected chi connectivity index (χ4v) is 5.74. The molecule has 30 heavy (non-hydrogen) atoms. The molecule has 1 spiro atoms. The van der Waals surface area contributed by atoms with Crippen LogP contribution in [0.25, 0.3) is 10.6 Å². The number of thiophene rings is 1. The first-order valence-electron chi connectivity index (χ1n) is 10.3. The number of likely N-dealkylation sites (tertiary alicyclic amines) is 1. The summed E-state index contributed by atoms with van der Waals surface area (Å²) in [4.78, 5) is 25.0. The highest BCUT2D eigenvalue weighted by atomic mass is 32.1. The van der Waals surface area contributed by atoms with Gasteiger partial charge in [-0.05, 0) is 49.6 Å². The Morgan fingerprint density at radius 1 is 1.30 bits per heavy atom. The van der Waals surface area contributed by atoms with Crippen LogP contribution in [0.1, 0.15) is 39.3 Å². The maximum absolute atomic E-state index is 12.9. The Hall–Kier alpha value is -2.64. The Kier molecular flexibility index (Phi) is 4.87. The van der Waals surface area contributed by atoms with E-state index in [1.165, 1.54) is 10.4 Å². The van der Waals surface area contributed by atoms with Crippen molar-refractivity contribution in [1.29, 1.82) is 0 Å². The Balaban J connectivity index is 1.38. The second-order valence-corrected chi connectivity index (χ2v) is 9.07. The monoisotopic (exact) mass is 423 g/mol. The lowest BCUT2D eigenvalue weighted by Gasteiger charge is -2.44. The third-order valence-electron chi connectivity index (χ3n) is 6.27.